The summed E-state index contributed by atoms with van der Waals surface area (Å²) in [6, 6.07) is -0.200. The van der Waals surface area contributed by atoms with Gasteiger partial charge in [-0.05, 0) is 19.8 Å². The van der Waals surface area contributed by atoms with Crippen molar-refractivity contribution in [2.75, 3.05) is 0 Å². The first-order valence-corrected chi connectivity index (χ1v) is 8.45. The molecule has 1 aliphatic carbocycles. The number of imide groups is 1. The van der Waals surface area contributed by atoms with E-state index in [4.69, 9.17) is 0 Å². The Morgan fingerprint density at radius 3 is 2.80 bits per heavy atom. The molecule has 0 spiro atoms. The molecule has 0 radical (unpaired) electrons. The number of urea groups is 1. The number of nitrogens with zero attached hydrogens (tertiary/aromatic N) is 2. The molecule has 2 rings (SSSR count). The van der Waals surface area contributed by atoms with Gasteiger partial charge in [-0.1, -0.05) is 42.4 Å². The van der Waals surface area contributed by atoms with Crippen molar-refractivity contribution in [1.29, 1.82) is 0 Å². The normalized spacial score (nSPS) is 17.4. The minimum atomic E-state index is -0.397. The van der Waals surface area contributed by atoms with Crippen LogP contribution >= 0.6 is 23.1 Å². The lowest BCUT2D eigenvalue weighted by molar-refractivity contribution is -0.119. The summed E-state index contributed by atoms with van der Waals surface area (Å²) in [4.78, 5) is 23.6. The molecule has 110 valence electrons. The molecule has 1 aromatic rings. The molecule has 1 saturated carbocycles. The zero-order valence-electron chi connectivity index (χ0n) is 11.3. The van der Waals surface area contributed by atoms with Crippen LogP contribution in [0.5, 0.6) is 0 Å². The van der Waals surface area contributed by atoms with Crippen LogP contribution in [0.1, 0.15) is 39.0 Å². The number of carbonyl (C=O) groups excluding carboxylic acids is 2. The molecule has 1 fully saturated rings. The van der Waals surface area contributed by atoms with Crippen LogP contribution in [0.15, 0.2) is 9.85 Å². The van der Waals surface area contributed by atoms with Gasteiger partial charge in [-0.2, -0.15) is 0 Å². The number of rotatable bonds is 4. The van der Waals surface area contributed by atoms with Crippen molar-refractivity contribution in [2.24, 2.45) is 0 Å². The topological polar surface area (TPSA) is 84.0 Å². The fourth-order valence-corrected chi connectivity index (χ4v) is 3.73. The molecule has 1 aliphatic rings. The van der Waals surface area contributed by atoms with Crippen LogP contribution in [0.25, 0.3) is 0 Å². The number of hydrogen-bond donors (Lipinski definition) is 2. The van der Waals surface area contributed by atoms with E-state index in [1.54, 1.807) is 12.4 Å². The van der Waals surface area contributed by atoms with Crippen LogP contribution in [0.4, 0.5) is 4.79 Å². The van der Waals surface area contributed by atoms with E-state index < -0.39 is 6.03 Å². The highest BCUT2D eigenvalue weighted by molar-refractivity contribution is 8.02. The first-order valence-electron chi connectivity index (χ1n) is 6.69. The van der Waals surface area contributed by atoms with Crippen molar-refractivity contribution in [3.05, 3.63) is 5.51 Å². The number of nitrogens with one attached hydrogen (secondary N) is 2. The number of aromatic nitrogens is 2. The van der Waals surface area contributed by atoms with Crippen LogP contribution < -0.4 is 10.6 Å². The minimum Gasteiger partial charge on any atom is -0.335 e. The van der Waals surface area contributed by atoms with E-state index in [1.807, 2.05) is 0 Å². The molecular weight excluding hydrogens is 296 g/mol. The highest BCUT2D eigenvalue weighted by Crippen LogP contribution is 2.24. The Balaban J connectivity index is 1.73. The third-order valence-corrected chi connectivity index (χ3v) is 5.08. The van der Waals surface area contributed by atoms with Gasteiger partial charge in [0.25, 0.3) is 0 Å². The quantitative estimate of drug-likeness (QED) is 0.832. The first-order chi connectivity index (χ1) is 9.65. The van der Waals surface area contributed by atoms with Crippen LogP contribution in [-0.2, 0) is 4.79 Å². The van der Waals surface area contributed by atoms with Gasteiger partial charge in [0.1, 0.15) is 5.51 Å². The maximum absolute atomic E-state index is 11.9. The first kappa shape index (κ1) is 15.2. The molecule has 0 aromatic carbocycles. The molecule has 0 saturated heterocycles. The zero-order chi connectivity index (χ0) is 14.4. The summed E-state index contributed by atoms with van der Waals surface area (Å²) < 4.78 is 0.723. The van der Waals surface area contributed by atoms with E-state index in [1.165, 1.54) is 29.5 Å². The number of carbonyl (C=O) groups is 2. The summed E-state index contributed by atoms with van der Waals surface area (Å²) >= 11 is 2.68. The molecule has 2 N–H and O–H groups in total. The summed E-state index contributed by atoms with van der Waals surface area (Å²) in [6.07, 6.45) is 5.51. The largest absolute Gasteiger partial charge is 0.335 e. The second-order valence-electron chi connectivity index (χ2n) is 4.76. The van der Waals surface area contributed by atoms with Crippen molar-refractivity contribution < 1.29 is 9.59 Å². The SMILES string of the molecule is C[C@@H](Sc1nncs1)C(=O)NC(=O)NC1CCCCC1. The second kappa shape index (κ2) is 7.58. The van der Waals surface area contributed by atoms with Gasteiger partial charge >= 0.3 is 6.03 Å². The summed E-state index contributed by atoms with van der Waals surface area (Å²) in [5.41, 5.74) is 1.61. The van der Waals surface area contributed by atoms with E-state index in [-0.39, 0.29) is 17.2 Å². The predicted molar refractivity (Wildman–Crippen MR) is 78.8 cm³/mol. The van der Waals surface area contributed by atoms with Crippen molar-refractivity contribution in [3.63, 3.8) is 0 Å². The molecule has 6 nitrogen and oxygen atoms in total. The lowest BCUT2D eigenvalue weighted by Crippen LogP contribution is -2.47. The Labute approximate surface area is 126 Å². The van der Waals surface area contributed by atoms with Gasteiger partial charge in [0, 0.05) is 6.04 Å². The highest BCUT2D eigenvalue weighted by atomic mass is 32.2. The Kier molecular flexibility index (Phi) is 5.78. The molecule has 0 bridgehead atoms. The van der Waals surface area contributed by atoms with E-state index in [2.05, 4.69) is 20.8 Å². The van der Waals surface area contributed by atoms with Gasteiger partial charge in [-0.15, -0.1) is 10.2 Å². The Bertz CT molecular complexity index is 446. The standard InChI is InChI=1S/C12H18N4O2S2/c1-8(20-12-16-13-7-19-12)10(17)15-11(18)14-9-5-3-2-4-6-9/h7-9H,2-6H2,1H3,(H2,14,15,17,18)/t8-/m1/s1. The highest BCUT2D eigenvalue weighted by Gasteiger charge is 2.20. The monoisotopic (exact) mass is 314 g/mol. The average molecular weight is 314 g/mol. The summed E-state index contributed by atoms with van der Waals surface area (Å²) in [6.45, 7) is 1.75. The van der Waals surface area contributed by atoms with Crippen LogP contribution in [0, 0.1) is 0 Å². The molecule has 3 amide bonds. The van der Waals surface area contributed by atoms with E-state index >= 15 is 0 Å². The zero-order valence-corrected chi connectivity index (χ0v) is 12.9. The van der Waals surface area contributed by atoms with Gasteiger partial charge in [0.05, 0.1) is 5.25 Å². The number of hydrogen-bond acceptors (Lipinski definition) is 6. The molecule has 0 aliphatic heterocycles. The predicted octanol–water partition coefficient (Wildman–Crippen LogP) is 2.18. The fourth-order valence-electron chi connectivity index (χ4n) is 2.10. The molecular formula is C12H18N4O2S2. The van der Waals surface area contributed by atoms with Crippen LogP contribution in [0.3, 0.4) is 0 Å². The Hall–Kier alpha value is -1.15. The Morgan fingerprint density at radius 2 is 2.15 bits per heavy atom. The number of thioether (sulfide) groups is 1. The van der Waals surface area contributed by atoms with Gasteiger partial charge < -0.3 is 5.32 Å². The molecule has 8 heteroatoms. The van der Waals surface area contributed by atoms with Gasteiger partial charge in [-0.25, -0.2) is 4.79 Å². The maximum Gasteiger partial charge on any atom is 0.321 e. The van der Waals surface area contributed by atoms with Gasteiger partial charge in [0.15, 0.2) is 4.34 Å². The van der Waals surface area contributed by atoms with Crippen molar-refractivity contribution in [2.45, 2.75) is 54.7 Å². The van der Waals surface area contributed by atoms with E-state index in [0.29, 0.717) is 0 Å². The minimum absolute atomic E-state index is 0.197. The van der Waals surface area contributed by atoms with Crippen molar-refractivity contribution >= 4 is 35.0 Å². The lowest BCUT2D eigenvalue weighted by atomic mass is 9.96. The Morgan fingerprint density at radius 1 is 1.40 bits per heavy atom. The average Bonchev–Trinajstić information content (AvgIpc) is 2.92. The van der Waals surface area contributed by atoms with Gasteiger partial charge in [0.2, 0.25) is 5.91 Å². The third kappa shape index (κ3) is 4.75. The van der Waals surface area contributed by atoms with Gasteiger partial charge in [-0.3, -0.25) is 10.1 Å². The smallest absolute Gasteiger partial charge is 0.321 e. The molecule has 0 unspecified atom stereocenters. The summed E-state index contributed by atoms with van der Waals surface area (Å²) in [5.74, 6) is -0.307. The van der Waals surface area contributed by atoms with Crippen molar-refractivity contribution in [3.8, 4) is 0 Å². The molecule has 20 heavy (non-hydrogen) atoms. The second-order valence-corrected chi connectivity index (χ2v) is 7.18. The lowest BCUT2D eigenvalue weighted by Gasteiger charge is -2.22. The summed E-state index contributed by atoms with van der Waals surface area (Å²) in [5, 5.41) is 12.4. The van der Waals surface area contributed by atoms with E-state index in [9.17, 15) is 9.59 Å². The number of amides is 3. The van der Waals surface area contributed by atoms with Crippen LogP contribution in [0.2, 0.25) is 0 Å². The van der Waals surface area contributed by atoms with E-state index in [0.717, 1.165) is 30.0 Å². The van der Waals surface area contributed by atoms with Crippen molar-refractivity contribution in [1.82, 2.24) is 20.8 Å². The van der Waals surface area contributed by atoms with Crippen LogP contribution in [-0.4, -0.2) is 33.4 Å². The third-order valence-electron chi connectivity index (χ3n) is 3.16. The maximum atomic E-state index is 11.9. The molecule has 1 aromatic heterocycles. The molecule has 1 heterocycles. The fraction of sp³-hybridized carbons (Fsp3) is 0.667. The summed E-state index contributed by atoms with van der Waals surface area (Å²) in [7, 11) is 0. The molecule has 1 atom stereocenters.